The average Bonchev–Trinajstić information content (AvgIpc) is 3.35. The first kappa shape index (κ1) is 21.1. The monoisotopic (exact) mass is 429 g/mol. The van der Waals surface area contributed by atoms with E-state index >= 15 is 0 Å². The van der Waals surface area contributed by atoms with Gasteiger partial charge in [-0.25, -0.2) is 0 Å². The van der Waals surface area contributed by atoms with Gasteiger partial charge in [-0.15, -0.1) is 0 Å². The van der Waals surface area contributed by atoms with Crippen molar-refractivity contribution >= 4 is 5.91 Å². The van der Waals surface area contributed by atoms with E-state index in [1.54, 1.807) is 44.6 Å². The highest BCUT2D eigenvalue weighted by molar-refractivity contribution is 5.94. The van der Waals surface area contributed by atoms with Gasteiger partial charge in [-0.05, 0) is 29.8 Å². The minimum absolute atomic E-state index is 0.214. The minimum Gasteiger partial charge on any atom is -0.497 e. The number of hydrogen-bond donors (Lipinski definition) is 1. The molecule has 1 unspecified atom stereocenters. The molecule has 0 aliphatic heterocycles. The highest BCUT2D eigenvalue weighted by Crippen LogP contribution is 2.29. The van der Waals surface area contributed by atoms with Crippen LogP contribution in [0.5, 0.6) is 11.5 Å². The molecule has 0 aliphatic rings. The summed E-state index contributed by atoms with van der Waals surface area (Å²) in [5.41, 5.74) is 2.28. The molecule has 0 saturated heterocycles. The van der Waals surface area contributed by atoms with Crippen LogP contribution in [-0.4, -0.2) is 30.3 Å². The third kappa shape index (κ3) is 4.95. The van der Waals surface area contributed by atoms with Crippen LogP contribution >= 0.6 is 0 Å². The maximum Gasteiger partial charge on any atom is 0.251 e. The van der Waals surface area contributed by atoms with Crippen LogP contribution in [0.2, 0.25) is 0 Å². The standard InChI is InChI=1S/C25H23N3O4/c1-30-20-14-19(15-21(16-20)31-2)23-27-25(32-28-23)22(13-17-9-5-3-6-10-17)26-24(29)18-11-7-4-8-12-18/h3-12,14-16,22H,13H2,1-2H3,(H,26,29). The van der Waals surface area contributed by atoms with Crippen LogP contribution in [0.4, 0.5) is 0 Å². The second-order valence-electron chi connectivity index (χ2n) is 7.14. The normalized spacial score (nSPS) is 11.6. The summed E-state index contributed by atoms with van der Waals surface area (Å²) < 4.78 is 16.2. The molecule has 1 aromatic heterocycles. The number of ether oxygens (including phenoxy) is 2. The van der Waals surface area contributed by atoms with Crippen LogP contribution in [0.25, 0.3) is 11.4 Å². The van der Waals surface area contributed by atoms with E-state index in [2.05, 4.69) is 15.5 Å². The van der Waals surface area contributed by atoms with Crippen LogP contribution in [0.15, 0.2) is 83.4 Å². The molecule has 3 aromatic carbocycles. The zero-order chi connectivity index (χ0) is 22.3. The number of aromatic nitrogens is 2. The average molecular weight is 429 g/mol. The maximum atomic E-state index is 12.8. The predicted molar refractivity (Wildman–Crippen MR) is 120 cm³/mol. The summed E-state index contributed by atoms with van der Waals surface area (Å²) in [7, 11) is 3.16. The van der Waals surface area contributed by atoms with Gasteiger partial charge in [0, 0.05) is 23.6 Å². The van der Waals surface area contributed by atoms with Crippen LogP contribution in [0.1, 0.15) is 27.9 Å². The van der Waals surface area contributed by atoms with E-state index in [0.29, 0.717) is 40.8 Å². The van der Waals surface area contributed by atoms with E-state index in [1.807, 2.05) is 48.5 Å². The van der Waals surface area contributed by atoms with Crippen molar-refractivity contribution in [2.45, 2.75) is 12.5 Å². The van der Waals surface area contributed by atoms with Crippen molar-refractivity contribution in [2.75, 3.05) is 14.2 Å². The zero-order valence-corrected chi connectivity index (χ0v) is 17.8. The molecule has 0 fully saturated rings. The van der Waals surface area contributed by atoms with Gasteiger partial charge in [-0.3, -0.25) is 4.79 Å². The SMILES string of the molecule is COc1cc(OC)cc(-c2noc(C(Cc3ccccc3)NC(=O)c3ccccc3)n2)c1. The molecule has 7 nitrogen and oxygen atoms in total. The van der Waals surface area contributed by atoms with Crippen molar-refractivity contribution in [1.29, 1.82) is 0 Å². The molecule has 0 saturated carbocycles. The summed E-state index contributed by atoms with van der Waals surface area (Å²) in [5, 5.41) is 7.15. The first-order valence-electron chi connectivity index (χ1n) is 10.1. The Labute approximate surface area is 186 Å². The first-order valence-corrected chi connectivity index (χ1v) is 10.1. The Kier molecular flexibility index (Phi) is 6.46. The van der Waals surface area contributed by atoms with E-state index in [1.165, 1.54) is 0 Å². The van der Waals surface area contributed by atoms with Crippen molar-refractivity contribution in [3.63, 3.8) is 0 Å². The molecule has 0 radical (unpaired) electrons. The molecule has 0 spiro atoms. The van der Waals surface area contributed by atoms with Crippen molar-refractivity contribution in [3.05, 3.63) is 95.9 Å². The fourth-order valence-corrected chi connectivity index (χ4v) is 3.31. The van der Waals surface area contributed by atoms with Gasteiger partial charge in [0.05, 0.1) is 14.2 Å². The number of carbonyl (C=O) groups excluding carboxylic acids is 1. The Bertz CT molecular complexity index is 1150. The van der Waals surface area contributed by atoms with Crippen LogP contribution in [0, 0.1) is 0 Å². The Morgan fingerprint density at radius 1 is 0.938 bits per heavy atom. The number of methoxy groups -OCH3 is 2. The maximum absolute atomic E-state index is 12.8. The molecule has 162 valence electrons. The molecule has 7 heteroatoms. The lowest BCUT2D eigenvalue weighted by atomic mass is 10.1. The topological polar surface area (TPSA) is 86.5 Å². The van der Waals surface area contributed by atoms with Gasteiger partial charge in [0.15, 0.2) is 0 Å². The number of nitrogens with one attached hydrogen (secondary N) is 1. The zero-order valence-electron chi connectivity index (χ0n) is 17.8. The highest BCUT2D eigenvalue weighted by atomic mass is 16.5. The summed E-state index contributed by atoms with van der Waals surface area (Å²) >= 11 is 0. The molecule has 1 amide bonds. The lowest BCUT2D eigenvalue weighted by molar-refractivity contribution is 0.0928. The number of amides is 1. The summed E-state index contributed by atoms with van der Waals surface area (Å²) in [6.45, 7) is 0. The van der Waals surface area contributed by atoms with Crippen LogP contribution < -0.4 is 14.8 Å². The van der Waals surface area contributed by atoms with Gasteiger partial charge < -0.3 is 19.3 Å². The van der Waals surface area contributed by atoms with Crippen LogP contribution in [0.3, 0.4) is 0 Å². The van der Waals surface area contributed by atoms with E-state index in [0.717, 1.165) is 5.56 Å². The number of hydrogen-bond acceptors (Lipinski definition) is 6. The second kappa shape index (κ2) is 9.78. The van der Waals surface area contributed by atoms with Crippen LogP contribution in [-0.2, 0) is 6.42 Å². The smallest absolute Gasteiger partial charge is 0.251 e. The second-order valence-corrected chi connectivity index (χ2v) is 7.14. The third-order valence-corrected chi connectivity index (χ3v) is 4.97. The largest absolute Gasteiger partial charge is 0.497 e. The molecule has 0 bridgehead atoms. The van der Waals surface area contributed by atoms with Gasteiger partial charge in [-0.1, -0.05) is 53.7 Å². The van der Waals surface area contributed by atoms with Crippen molar-refractivity contribution in [1.82, 2.24) is 15.5 Å². The molecule has 1 heterocycles. The van der Waals surface area contributed by atoms with E-state index in [-0.39, 0.29) is 5.91 Å². The van der Waals surface area contributed by atoms with Gasteiger partial charge in [0.25, 0.3) is 5.91 Å². The Morgan fingerprint density at radius 2 is 1.56 bits per heavy atom. The number of rotatable bonds is 8. The number of carbonyl (C=O) groups is 1. The molecular weight excluding hydrogens is 406 g/mol. The van der Waals surface area contributed by atoms with Crippen molar-refractivity contribution < 1.29 is 18.8 Å². The fraction of sp³-hybridized carbons (Fsp3) is 0.160. The minimum atomic E-state index is -0.501. The van der Waals surface area contributed by atoms with Gasteiger partial charge in [0.2, 0.25) is 11.7 Å². The quantitative estimate of drug-likeness (QED) is 0.445. The molecule has 32 heavy (non-hydrogen) atoms. The molecule has 4 aromatic rings. The van der Waals surface area contributed by atoms with Gasteiger partial charge >= 0.3 is 0 Å². The summed E-state index contributed by atoms with van der Waals surface area (Å²) in [4.78, 5) is 17.4. The molecule has 1 N–H and O–H groups in total. The molecular formula is C25H23N3O4. The summed E-state index contributed by atoms with van der Waals surface area (Å²) in [6.07, 6.45) is 0.502. The molecule has 0 aliphatic carbocycles. The van der Waals surface area contributed by atoms with E-state index in [4.69, 9.17) is 14.0 Å². The van der Waals surface area contributed by atoms with Gasteiger partial charge in [-0.2, -0.15) is 4.98 Å². The molecule has 1 atom stereocenters. The highest BCUT2D eigenvalue weighted by Gasteiger charge is 2.23. The Balaban J connectivity index is 1.64. The van der Waals surface area contributed by atoms with E-state index in [9.17, 15) is 4.79 Å². The Morgan fingerprint density at radius 3 is 2.19 bits per heavy atom. The summed E-state index contributed by atoms with van der Waals surface area (Å²) in [6, 6.07) is 23.7. The third-order valence-electron chi connectivity index (χ3n) is 4.97. The number of nitrogens with zero attached hydrogens (tertiary/aromatic N) is 2. The Hall–Kier alpha value is -4.13. The number of benzene rings is 3. The first-order chi connectivity index (χ1) is 15.7. The fourth-order valence-electron chi connectivity index (χ4n) is 3.31. The predicted octanol–water partition coefficient (Wildman–Crippen LogP) is 4.47. The van der Waals surface area contributed by atoms with Crippen molar-refractivity contribution in [3.8, 4) is 22.9 Å². The molecule has 4 rings (SSSR count). The lowest BCUT2D eigenvalue weighted by Crippen LogP contribution is -2.30. The lowest BCUT2D eigenvalue weighted by Gasteiger charge is -2.15. The van der Waals surface area contributed by atoms with Crippen molar-refractivity contribution in [2.24, 2.45) is 0 Å². The van der Waals surface area contributed by atoms with Gasteiger partial charge in [0.1, 0.15) is 17.5 Å². The summed E-state index contributed by atoms with van der Waals surface area (Å²) in [5.74, 6) is 1.71. The van der Waals surface area contributed by atoms with E-state index < -0.39 is 6.04 Å².